The topological polar surface area (TPSA) is 95.1 Å². The summed E-state index contributed by atoms with van der Waals surface area (Å²) in [6, 6.07) is 4.18. The molecule has 0 saturated carbocycles. The van der Waals surface area contributed by atoms with Crippen molar-refractivity contribution < 1.29 is 14.5 Å². The molecule has 2 aromatic rings. The number of nitrogens with zero attached hydrogens (tertiary/aromatic N) is 3. The molecule has 0 aliphatic rings. The predicted molar refractivity (Wildman–Crippen MR) is 74.3 cm³/mol. The summed E-state index contributed by atoms with van der Waals surface area (Å²) in [5.41, 5.74) is 0.683. The average molecular weight is 287 g/mol. The van der Waals surface area contributed by atoms with Crippen LogP contribution in [-0.4, -0.2) is 26.0 Å². The van der Waals surface area contributed by atoms with E-state index in [1.807, 2.05) is 0 Å². The van der Waals surface area contributed by atoms with Crippen molar-refractivity contribution in [3.05, 3.63) is 57.7 Å². The maximum Gasteiger partial charge on any atom is 0.273 e. The van der Waals surface area contributed by atoms with Crippen LogP contribution in [0.4, 0.5) is 5.69 Å². The van der Waals surface area contributed by atoms with E-state index in [9.17, 15) is 19.7 Å². The van der Waals surface area contributed by atoms with Crippen LogP contribution in [0.5, 0.6) is 0 Å². The lowest BCUT2D eigenvalue weighted by atomic mass is 10.0. The van der Waals surface area contributed by atoms with Gasteiger partial charge in [0.15, 0.2) is 11.6 Å². The second-order valence-corrected chi connectivity index (χ2v) is 4.71. The van der Waals surface area contributed by atoms with E-state index in [1.54, 1.807) is 18.5 Å². The number of Topliss-reactive ketones (excluding diaryl/α,β-unsaturated/α-hetero) is 2. The third-order valence-electron chi connectivity index (χ3n) is 3.04. The molecule has 1 aromatic heterocycles. The monoisotopic (exact) mass is 287 g/mol. The van der Waals surface area contributed by atoms with E-state index in [0.717, 1.165) is 0 Å². The zero-order chi connectivity index (χ0) is 15.6. The fourth-order valence-electron chi connectivity index (χ4n) is 1.87. The number of aryl methyl sites for hydroxylation is 2. The van der Waals surface area contributed by atoms with E-state index < -0.39 is 16.5 Å². The first-order valence-corrected chi connectivity index (χ1v) is 6.18. The van der Waals surface area contributed by atoms with Gasteiger partial charge in [-0.15, -0.1) is 0 Å². The number of benzene rings is 1. The van der Waals surface area contributed by atoms with Gasteiger partial charge in [0, 0.05) is 30.4 Å². The molecule has 0 aliphatic carbocycles. The van der Waals surface area contributed by atoms with Gasteiger partial charge >= 0.3 is 0 Å². The molecule has 0 unspecified atom stereocenters. The van der Waals surface area contributed by atoms with Crippen molar-refractivity contribution in [3.63, 3.8) is 0 Å². The van der Waals surface area contributed by atoms with E-state index in [2.05, 4.69) is 4.98 Å². The molecule has 0 spiro atoms. The average Bonchev–Trinajstić information content (AvgIpc) is 2.85. The smallest absolute Gasteiger partial charge is 0.273 e. The van der Waals surface area contributed by atoms with Crippen LogP contribution in [0.2, 0.25) is 0 Å². The number of hydrogen-bond acceptors (Lipinski definition) is 5. The van der Waals surface area contributed by atoms with Crippen molar-refractivity contribution in [2.45, 2.75) is 13.3 Å². The number of rotatable bonds is 5. The highest BCUT2D eigenvalue weighted by Gasteiger charge is 2.19. The minimum absolute atomic E-state index is 0.133. The van der Waals surface area contributed by atoms with E-state index in [-0.39, 0.29) is 23.4 Å². The Morgan fingerprint density at radius 3 is 2.62 bits per heavy atom. The van der Waals surface area contributed by atoms with Gasteiger partial charge in [0.2, 0.25) is 0 Å². The van der Waals surface area contributed by atoms with Gasteiger partial charge in [-0.3, -0.25) is 19.7 Å². The third-order valence-corrected chi connectivity index (χ3v) is 3.04. The van der Waals surface area contributed by atoms with Crippen LogP contribution < -0.4 is 0 Å². The first-order valence-electron chi connectivity index (χ1n) is 6.18. The van der Waals surface area contributed by atoms with Gasteiger partial charge in [0.05, 0.1) is 17.7 Å². The van der Waals surface area contributed by atoms with Crippen molar-refractivity contribution in [2.24, 2.45) is 7.05 Å². The Bertz CT molecular complexity index is 734. The van der Waals surface area contributed by atoms with Gasteiger partial charge in [0.25, 0.3) is 5.69 Å². The molecule has 1 heterocycles. The Balaban J connectivity index is 2.19. The number of hydrogen-bond donors (Lipinski definition) is 0. The summed E-state index contributed by atoms with van der Waals surface area (Å²) in [5.74, 6) is -0.877. The molecule has 0 radical (unpaired) electrons. The molecular weight excluding hydrogens is 274 g/mol. The molecule has 0 bridgehead atoms. The van der Waals surface area contributed by atoms with Crippen LogP contribution in [0, 0.1) is 17.0 Å². The molecule has 7 nitrogen and oxygen atoms in total. The van der Waals surface area contributed by atoms with Crippen molar-refractivity contribution >= 4 is 17.3 Å². The van der Waals surface area contributed by atoms with Crippen LogP contribution in [-0.2, 0) is 7.05 Å². The summed E-state index contributed by atoms with van der Waals surface area (Å²) >= 11 is 0. The largest absolute Gasteiger partial charge is 0.340 e. The second-order valence-electron chi connectivity index (χ2n) is 4.71. The zero-order valence-electron chi connectivity index (χ0n) is 11.6. The van der Waals surface area contributed by atoms with Crippen molar-refractivity contribution in [2.75, 3.05) is 0 Å². The fraction of sp³-hybridized carbons (Fsp3) is 0.214. The normalized spacial score (nSPS) is 10.4. The maximum absolute atomic E-state index is 12.0. The van der Waals surface area contributed by atoms with Crippen LogP contribution in [0.3, 0.4) is 0 Å². The minimum Gasteiger partial charge on any atom is -0.340 e. The highest BCUT2D eigenvalue weighted by atomic mass is 16.6. The molecule has 21 heavy (non-hydrogen) atoms. The van der Waals surface area contributed by atoms with Crippen LogP contribution >= 0.6 is 0 Å². The molecule has 0 atom stereocenters. The SMILES string of the molecule is Cc1ccc(C(=O)CC(=O)c2cn(C)cn2)cc1[N+](=O)[O-]. The van der Waals surface area contributed by atoms with Gasteiger partial charge < -0.3 is 4.57 Å². The molecule has 0 saturated heterocycles. The number of nitro groups is 1. The summed E-state index contributed by atoms with van der Waals surface area (Å²) in [7, 11) is 1.72. The van der Waals surface area contributed by atoms with Crippen LogP contribution in [0.15, 0.2) is 30.7 Å². The highest BCUT2D eigenvalue weighted by Crippen LogP contribution is 2.20. The second kappa shape index (κ2) is 5.66. The van der Waals surface area contributed by atoms with E-state index >= 15 is 0 Å². The fourth-order valence-corrected chi connectivity index (χ4v) is 1.87. The molecule has 7 heteroatoms. The van der Waals surface area contributed by atoms with E-state index in [4.69, 9.17) is 0 Å². The van der Waals surface area contributed by atoms with Crippen LogP contribution in [0.25, 0.3) is 0 Å². The van der Waals surface area contributed by atoms with Gasteiger partial charge in [-0.1, -0.05) is 12.1 Å². The summed E-state index contributed by atoms with van der Waals surface area (Å²) in [6.07, 6.45) is 2.62. The van der Waals surface area contributed by atoms with Crippen molar-refractivity contribution in [3.8, 4) is 0 Å². The molecule has 1 aromatic carbocycles. The Labute approximate surface area is 120 Å². The molecule has 0 fully saturated rings. The lowest BCUT2D eigenvalue weighted by molar-refractivity contribution is -0.385. The Morgan fingerprint density at radius 2 is 2.05 bits per heavy atom. The molecule has 0 amide bonds. The van der Waals surface area contributed by atoms with Crippen LogP contribution in [0.1, 0.15) is 32.8 Å². The molecule has 0 aliphatic heterocycles. The number of imidazole rings is 1. The van der Waals surface area contributed by atoms with Gasteiger partial charge in [0.1, 0.15) is 5.69 Å². The van der Waals surface area contributed by atoms with Crippen molar-refractivity contribution in [1.82, 2.24) is 9.55 Å². The lowest BCUT2D eigenvalue weighted by Crippen LogP contribution is -2.09. The first kappa shape index (κ1) is 14.6. The van der Waals surface area contributed by atoms with Gasteiger partial charge in [-0.05, 0) is 6.92 Å². The highest BCUT2D eigenvalue weighted by molar-refractivity contribution is 6.13. The Morgan fingerprint density at radius 1 is 1.33 bits per heavy atom. The lowest BCUT2D eigenvalue weighted by Gasteiger charge is -2.02. The standard InChI is InChI=1S/C14H13N3O4/c1-9-3-4-10(5-12(9)17(20)21)13(18)6-14(19)11-7-16(2)8-15-11/h3-5,7-8H,6H2,1-2H3. The number of carbonyl (C=O) groups excluding carboxylic acids is 2. The molecule has 2 rings (SSSR count). The maximum atomic E-state index is 12.0. The van der Waals surface area contributed by atoms with Crippen molar-refractivity contribution in [1.29, 1.82) is 0 Å². The Hall–Kier alpha value is -2.83. The summed E-state index contributed by atoms with van der Waals surface area (Å²) in [4.78, 5) is 38.1. The summed E-state index contributed by atoms with van der Waals surface area (Å²) in [6.45, 7) is 1.59. The number of nitro benzene ring substituents is 1. The zero-order valence-corrected chi connectivity index (χ0v) is 11.6. The quantitative estimate of drug-likeness (QED) is 0.363. The first-order chi connectivity index (χ1) is 9.88. The number of ketones is 2. The molecule has 108 valence electrons. The van der Waals surface area contributed by atoms with E-state index in [0.29, 0.717) is 5.56 Å². The summed E-state index contributed by atoms with van der Waals surface area (Å²) in [5, 5.41) is 10.9. The molecule has 0 N–H and O–H groups in total. The minimum atomic E-state index is -0.549. The number of carbonyl (C=O) groups is 2. The van der Waals surface area contributed by atoms with Gasteiger partial charge in [-0.25, -0.2) is 4.98 Å². The predicted octanol–water partition coefficient (Wildman–Crippen LogP) is 2.09. The van der Waals surface area contributed by atoms with Gasteiger partial charge in [-0.2, -0.15) is 0 Å². The van der Waals surface area contributed by atoms with E-state index in [1.165, 1.54) is 30.7 Å². The third kappa shape index (κ3) is 3.19. The number of aromatic nitrogens is 2. The Kier molecular flexibility index (Phi) is 3.93. The molecular formula is C14H13N3O4. The summed E-state index contributed by atoms with van der Waals surface area (Å²) < 4.78 is 1.61.